The fourth-order valence-electron chi connectivity index (χ4n) is 4.05. The van der Waals surface area contributed by atoms with Gasteiger partial charge in [-0.15, -0.1) is 0 Å². The van der Waals surface area contributed by atoms with Crippen molar-refractivity contribution in [3.05, 3.63) is 40.4 Å². The lowest BCUT2D eigenvalue weighted by Gasteiger charge is -2.33. The van der Waals surface area contributed by atoms with Crippen LogP contribution in [0.2, 0.25) is 0 Å². The molecular formula is C19H26N4O4. The zero-order valence-corrected chi connectivity index (χ0v) is 15.4. The Morgan fingerprint density at radius 2 is 2.04 bits per heavy atom. The minimum atomic E-state index is -0.936. The van der Waals surface area contributed by atoms with Crippen molar-refractivity contribution < 1.29 is 14.9 Å². The van der Waals surface area contributed by atoms with Gasteiger partial charge in [0, 0.05) is 38.4 Å². The molecule has 2 saturated heterocycles. The lowest BCUT2D eigenvalue weighted by Crippen LogP contribution is -2.51. The van der Waals surface area contributed by atoms with Crippen molar-refractivity contribution in [1.29, 1.82) is 0 Å². The van der Waals surface area contributed by atoms with Gasteiger partial charge in [0.2, 0.25) is 0 Å². The van der Waals surface area contributed by atoms with Crippen LogP contribution >= 0.6 is 0 Å². The first-order valence-corrected chi connectivity index (χ1v) is 9.48. The molecule has 0 aromatic carbocycles. The van der Waals surface area contributed by atoms with Crippen molar-refractivity contribution in [1.82, 2.24) is 19.2 Å². The molecule has 2 aromatic heterocycles. The number of β-amino-alcohol motifs (C(OH)–C–C–N with tert-alkyl or cyclic N) is 1. The zero-order chi connectivity index (χ0) is 18.9. The predicted octanol–water partition coefficient (Wildman–Crippen LogP) is 0.0592. The van der Waals surface area contributed by atoms with E-state index < -0.39 is 5.60 Å². The SMILES string of the molecule is O=c1cc(CN2CCOC[C@@](O)(CN3CCCC3)C2)nc2c(O)cccn12. The van der Waals surface area contributed by atoms with Gasteiger partial charge < -0.3 is 19.8 Å². The summed E-state index contributed by atoms with van der Waals surface area (Å²) in [6, 6.07) is 4.60. The summed E-state index contributed by atoms with van der Waals surface area (Å²) in [5.74, 6) is -0.0267. The molecule has 2 aliphatic heterocycles. The van der Waals surface area contributed by atoms with Gasteiger partial charge >= 0.3 is 0 Å². The average Bonchev–Trinajstić information content (AvgIpc) is 3.05. The third-order valence-corrected chi connectivity index (χ3v) is 5.27. The standard InChI is InChI=1S/C19H26N4O4/c24-16-4-3-7-23-17(25)10-15(20-18(16)23)11-22-8-9-27-14-19(26,13-22)12-21-5-1-2-6-21/h3-4,7,10,24,26H,1-2,5-6,8-9,11-14H2/t19-/m1/s1. The Balaban J connectivity index is 1.53. The van der Waals surface area contributed by atoms with Crippen molar-refractivity contribution in [3.63, 3.8) is 0 Å². The largest absolute Gasteiger partial charge is 0.504 e. The van der Waals surface area contributed by atoms with Crippen LogP contribution in [0.15, 0.2) is 29.2 Å². The monoisotopic (exact) mass is 374 g/mol. The quantitative estimate of drug-likeness (QED) is 0.782. The Morgan fingerprint density at radius 1 is 1.22 bits per heavy atom. The van der Waals surface area contributed by atoms with Crippen LogP contribution < -0.4 is 5.56 Å². The third kappa shape index (κ3) is 4.14. The Labute approximate surface area is 157 Å². The molecule has 2 fully saturated rings. The van der Waals surface area contributed by atoms with Gasteiger partial charge in [-0.3, -0.25) is 14.1 Å². The van der Waals surface area contributed by atoms with E-state index in [9.17, 15) is 15.0 Å². The van der Waals surface area contributed by atoms with E-state index in [1.54, 1.807) is 12.3 Å². The van der Waals surface area contributed by atoms with Gasteiger partial charge in [0.25, 0.3) is 5.56 Å². The molecule has 0 aliphatic carbocycles. The van der Waals surface area contributed by atoms with Crippen molar-refractivity contribution in [3.8, 4) is 5.75 Å². The van der Waals surface area contributed by atoms with Crippen LogP contribution in [0.25, 0.3) is 5.65 Å². The number of aromatic hydroxyl groups is 1. The van der Waals surface area contributed by atoms with Gasteiger partial charge in [-0.25, -0.2) is 4.98 Å². The van der Waals surface area contributed by atoms with E-state index in [1.807, 2.05) is 0 Å². The first-order valence-electron chi connectivity index (χ1n) is 9.48. The van der Waals surface area contributed by atoms with Gasteiger partial charge in [-0.1, -0.05) is 0 Å². The molecule has 8 heteroatoms. The molecule has 8 nitrogen and oxygen atoms in total. The molecule has 0 radical (unpaired) electrons. The maximum atomic E-state index is 12.3. The second kappa shape index (κ2) is 7.55. The number of hydrogen-bond donors (Lipinski definition) is 2. The lowest BCUT2D eigenvalue weighted by molar-refractivity contribution is -0.0549. The molecule has 0 bridgehead atoms. The predicted molar refractivity (Wildman–Crippen MR) is 99.8 cm³/mol. The van der Waals surface area contributed by atoms with Crippen LogP contribution in [0.4, 0.5) is 0 Å². The van der Waals surface area contributed by atoms with Crippen LogP contribution in [-0.4, -0.2) is 80.9 Å². The number of aromatic nitrogens is 2. The Kier molecular flexibility index (Phi) is 5.14. The normalized spacial score (nSPS) is 25.1. The highest BCUT2D eigenvalue weighted by Gasteiger charge is 2.35. The second-order valence-corrected chi connectivity index (χ2v) is 7.64. The average molecular weight is 374 g/mol. The van der Waals surface area contributed by atoms with E-state index in [2.05, 4.69) is 14.8 Å². The Morgan fingerprint density at radius 3 is 2.85 bits per heavy atom. The van der Waals surface area contributed by atoms with Crippen LogP contribution in [0, 0.1) is 0 Å². The molecule has 1 atom stereocenters. The topological polar surface area (TPSA) is 90.5 Å². The van der Waals surface area contributed by atoms with Crippen LogP contribution in [0.3, 0.4) is 0 Å². The van der Waals surface area contributed by atoms with E-state index in [-0.39, 0.29) is 17.0 Å². The first-order chi connectivity index (χ1) is 13.0. The summed E-state index contributed by atoms with van der Waals surface area (Å²) in [4.78, 5) is 21.1. The van der Waals surface area contributed by atoms with E-state index in [0.717, 1.165) is 13.1 Å². The van der Waals surface area contributed by atoms with Crippen molar-refractivity contribution in [2.45, 2.75) is 25.0 Å². The zero-order valence-electron chi connectivity index (χ0n) is 15.4. The fraction of sp³-hybridized carbons (Fsp3) is 0.579. The summed E-state index contributed by atoms with van der Waals surface area (Å²) in [5.41, 5.74) is -0.343. The van der Waals surface area contributed by atoms with Crippen LogP contribution in [-0.2, 0) is 11.3 Å². The lowest BCUT2D eigenvalue weighted by atomic mass is 10.0. The highest BCUT2D eigenvalue weighted by atomic mass is 16.5. The van der Waals surface area contributed by atoms with Gasteiger partial charge in [0.1, 0.15) is 5.60 Å². The summed E-state index contributed by atoms with van der Waals surface area (Å²) in [7, 11) is 0. The molecule has 2 N–H and O–H groups in total. The maximum absolute atomic E-state index is 12.3. The van der Waals surface area contributed by atoms with Crippen LogP contribution in [0.5, 0.6) is 5.75 Å². The summed E-state index contributed by atoms with van der Waals surface area (Å²) < 4.78 is 6.98. The third-order valence-electron chi connectivity index (χ3n) is 5.27. The smallest absolute Gasteiger partial charge is 0.258 e. The highest BCUT2D eigenvalue weighted by Crippen LogP contribution is 2.19. The van der Waals surface area contributed by atoms with Crippen molar-refractivity contribution >= 4 is 5.65 Å². The summed E-state index contributed by atoms with van der Waals surface area (Å²) in [5, 5.41) is 21.1. The molecular weight excluding hydrogens is 348 g/mol. The minimum Gasteiger partial charge on any atom is -0.504 e. The first kappa shape index (κ1) is 18.4. The van der Waals surface area contributed by atoms with E-state index in [4.69, 9.17) is 4.74 Å². The number of likely N-dealkylation sites (tertiary alicyclic amines) is 1. The second-order valence-electron chi connectivity index (χ2n) is 7.64. The molecule has 0 unspecified atom stereocenters. The molecule has 0 spiro atoms. The summed E-state index contributed by atoms with van der Waals surface area (Å²) in [6.45, 7) is 5.02. The number of fused-ring (bicyclic) bond motifs is 1. The van der Waals surface area contributed by atoms with Gasteiger partial charge in [0.15, 0.2) is 11.4 Å². The van der Waals surface area contributed by atoms with Crippen molar-refractivity contribution in [2.75, 3.05) is 45.9 Å². The number of hydrogen-bond acceptors (Lipinski definition) is 7. The molecule has 146 valence electrons. The minimum absolute atomic E-state index is 0.0267. The van der Waals surface area contributed by atoms with E-state index >= 15 is 0 Å². The number of rotatable bonds is 4. The van der Waals surface area contributed by atoms with Crippen molar-refractivity contribution in [2.24, 2.45) is 0 Å². The molecule has 0 amide bonds. The number of ether oxygens (including phenoxy) is 1. The summed E-state index contributed by atoms with van der Waals surface area (Å²) in [6.07, 6.45) is 3.94. The number of pyridine rings is 1. The van der Waals surface area contributed by atoms with Gasteiger partial charge in [-0.2, -0.15) is 0 Å². The van der Waals surface area contributed by atoms with Gasteiger partial charge in [-0.05, 0) is 38.1 Å². The number of nitrogens with zero attached hydrogens (tertiary/aromatic N) is 4. The molecule has 2 aromatic rings. The highest BCUT2D eigenvalue weighted by molar-refractivity contribution is 5.52. The van der Waals surface area contributed by atoms with Gasteiger partial charge in [0.05, 0.1) is 18.9 Å². The fourth-order valence-corrected chi connectivity index (χ4v) is 4.05. The van der Waals surface area contributed by atoms with E-state index in [0.29, 0.717) is 45.1 Å². The Hall–Kier alpha value is -2.00. The molecule has 2 aliphatic rings. The maximum Gasteiger partial charge on any atom is 0.258 e. The molecule has 27 heavy (non-hydrogen) atoms. The Bertz CT molecular complexity index is 864. The molecule has 0 saturated carbocycles. The van der Waals surface area contributed by atoms with Crippen LogP contribution in [0.1, 0.15) is 18.5 Å². The number of aliphatic hydroxyl groups is 1. The van der Waals surface area contributed by atoms with E-state index in [1.165, 1.54) is 29.4 Å². The molecule has 4 rings (SSSR count). The molecule has 4 heterocycles. The summed E-state index contributed by atoms with van der Waals surface area (Å²) >= 11 is 0.